The van der Waals surface area contributed by atoms with Crippen LogP contribution in [-0.4, -0.2) is 22.7 Å². The highest BCUT2D eigenvalue weighted by Crippen LogP contribution is 2.11. The van der Waals surface area contributed by atoms with Crippen molar-refractivity contribution in [3.05, 3.63) is 66.6 Å². The predicted molar refractivity (Wildman–Crippen MR) is 81.5 cm³/mol. The van der Waals surface area contributed by atoms with Crippen LogP contribution in [0.15, 0.2) is 59.7 Å². The average molecular weight is 393 g/mol. The van der Waals surface area contributed by atoms with E-state index in [4.69, 9.17) is 9.15 Å². The Labute approximate surface area is 149 Å². The van der Waals surface area contributed by atoms with Gasteiger partial charge in [-0.2, -0.15) is 0 Å². The Morgan fingerprint density at radius 2 is 2.12 bits per heavy atom. The molecule has 0 aliphatic heterocycles. The number of Topliss-reactive ketones (excluding diaryl/α,β-unsaturated/α-hetero) is 1. The van der Waals surface area contributed by atoms with Crippen molar-refractivity contribution in [3.63, 3.8) is 0 Å². The summed E-state index contributed by atoms with van der Waals surface area (Å²) in [4.78, 5) is 12.2. The number of rotatable bonds is 7. The zero-order valence-electron chi connectivity index (χ0n) is 13.1. The maximum Gasteiger partial charge on any atom is 0.289 e. The molecule has 0 unspecified atom stereocenters. The number of benzene rings is 1. The van der Waals surface area contributed by atoms with Gasteiger partial charge in [0.05, 0.1) is 13.4 Å². The summed E-state index contributed by atoms with van der Waals surface area (Å²) in [5, 5.41) is 4.16. The molecule has 3 aromatic rings. The molecule has 0 amide bonds. The number of halogens is 1. The van der Waals surface area contributed by atoms with E-state index in [9.17, 15) is 4.79 Å². The van der Waals surface area contributed by atoms with Gasteiger partial charge in [0, 0.05) is 5.56 Å². The lowest BCUT2D eigenvalue weighted by Crippen LogP contribution is -3.00. The minimum Gasteiger partial charge on any atom is -1.00 e. The van der Waals surface area contributed by atoms with Gasteiger partial charge in [-0.05, 0) is 41.5 Å². The number of carbonyl (C=O) groups is 1. The monoisotopic (exact) mass is 392 g/mol. The van der Waals surface area contributed by atoms with E-state index in [2.05, 4.69) is 10.5 Å². The second-order valence-electron chi connectivity index (χ2n) is 4.92. The molecule has 3 rings (SSSR count). The van der Waals surface area contributed by atoms with Gasteiger partial charge in [0.25, 0.3) is 6.33 Å². The van der Waals surface area contributed by atoms with Gasteiger partial charge in [-0.25, -0.2) is 5.43 Å². The molecule has 0 aliphatic rings. The first-order valence-corrected chi connectivity index (χ1v) is 7.12. The lowest BCUT2D eigenvalue weighted by molar-refractivity contribution is -0.739. The summed E-state index contributed by atoms with van der Waals surface area (Å²) in [5.74, 6) is 1.52. The zero-order chi connectivity index (χ0) is 16.1. The van der Waals surface area contributed by atoms with Crippen LogP contribution in [0.2, 0.25) is 0 Å². The van der Waals surface area contributed by atoms with Gasteiger partial charge < -0.3 is 26.1 Å². The molecule has 0 saturated carbocycles. The number of ether oxygens (including phenoxy) is 1. The Morgan fingerprint density at radius 3 is 2.79 bits per heavy atom. The number of methoxy groups -OCH3 is 1. The molecule has 126 valence electrons. The SMILES string of the molecule is COc1ccc(C(=O)C[n+]2cn(NCc3ccco3)cn2)cc1.[Br-]. The molecule has 0 atom stereocenters. The Hall–Kier alpha value is -2.61. The second-order valence-corrected chi connectivity index (χ2v) is 4.92. The van der Waals surface area contributed by atoms with E-state index < -0.39 is 0 Å². The summed E-state index contributed by atoms with van der Waals surface area (Å²) in [5.41, 5.74) is 3.73. The standard InChI is InChI=1S/C16H17N4O3.BrH/c1-22-14-6-4-13(5-7-14)16(21)10-19-12-20(11-18-19)17-9-15-3-2-8-23-15;/h2-8,11-12,17H,9-10H2,1H3;1H/q+1;/p-1. The predicted octanol–water partition coefficient (Wildman–Crippen LogP) is -1.60. The molecular weight excluding hydrogens is 376 g/mol. The van der Waals surface area contributed by atoms with Crippen molar-refractivity contribution in [2.75, 3.05) is 12.5 Å². The molecule has 0 radical (unpaired) electrons. The number of carbonyl (C=O) groups excluding carboxylic acids is 1. The third-order valence-electron chi connectivity index (χ3n) is 3.32. The Balaban J connectivity index is 0.00000208. The summed E-state index contributed by atoms with van der Waals surface area (Å²) in [6, 6.07) is 10.7. The normalized spacial score (nSPS) is 10.0. The molecule has 24 heavy (non-hydrogen) atoms. The van der Waals surface area contributed by atoms with Crippen molar-refractivity contribution >= 4 is 5.78 Å². The molecule has 7 nitrogen and oxygen atoms in total. The topological polar surface area (TPSA) is 73.2 Å². The van der Waals surface area contributed by atoms with E-state index in [1.165, 1.54) is 0 Å². The molecule has 1 aromatic carbocycles. The highest BCUT2D eigenvalue weighted by atomic mass is 79.9. The number of hydrogen-bond acceptors (Lipinski definition) is 5. The zero-order valence-corrected chi connectivity index (χ0v) is 14.6. The van der Waals surface area contributed by atoms with Crippen LogP contribution in [0.5, 0.6) is 5.75 Å². The smallest absolute Gasteiger partial charge is 0.289 e. The molecule has 2 heterocycles. The van der Waals surface area contributed by atoms with Crippen molar-refractivity contribution in [2.24, 2.45) is 0 Å². The quantitative estimate of drug-likeness (QED) is 0.387. The number of aromatic nitrogens is 3. The van der Waals surface area contributed by atoms with E-state index >= 15 is 0 Å². The van der Waals surface area contributed by atoms with E-state index in [0.717, 1.165) is 11.5 Å². The van der Waals surface area contributed by atoms with Crippen LogP contribution in [-0.2, 0) is 13.1 Å². The molecule has 2 aromatic heterocycles. The number of nitrogens with one attached hydrogen (secondary N) is 1. The fourth-order valence-electron chi connectivity index (χ4n) is 2.09. The third kappa shape index (κ3) is 4.45. The minimum absolute atomic E-state index is 0. The number of furan rings is 1. The number of hydrogen-bond donors (Lipinski definition) is 1. The van der Waals surface area contributed by atoms with Crippen molar-refractivity contribution in [2.45, 2.75) is 13.1 Å². The van der Waals surface area contributed by atoms with Crippen LogP contribution >= 0.6 is 0 Å². The summed E-state index contributed by atoms with van der Waals surface area (Å²) < 4.78 is 13.6. The second kappa shape index (κ2) is 8.30. The minimum atomic E-state index is -0.0195. The maximum atomic E-state index is 12.2. The van der Waals surface area contributed by atoms with Gasteiger partial charge in [0.2, 0.25) is 12.1 Å². The van der Waals surface area contributed by atoms with Crippen LogP contribution in [0, 0.1) is 0 Å². The number of ketones is 1. The summed E-state index contributed by atoms with van der Waals surface area (Å²) >= 11 is 0. The van der Waals surface area contributed by atoms with E-state index in [1.807, 2.05) is 12.1 Å². The lowest BCUT2D eigenvalue weighted by Gasteiger charge is -2.01. The van der Waals surface area contributed by atoms with Crippen LogP contribution in [0.3, 0.4) is 0 Å². The van der Waals surface area contributed by atoms with Gasteiger partial charge in [0.1, 0.15) is 18.1 Å². The Bertz CT molecular complexity index is 769. The third-order valence-corrected chi connectivity index (χ3v) is 3.32. The van der Waals surface area contributed by atoms with Crippen molar-refractivity contribution in [1.29, 1.82) is 0 Å². The van der Waals surface area contributed by atoms with E-state index in [1.54, 1.807) is 59.7 Å². The van der Waals surface area contributed by atoms with Crippen LogP contribution < -0.4 is 31.8 Å². The lowest BCUT2D eigenvalue weighted by atomic mass is 10.1. The highest BCUT2D eigenvalue weighted by Gasteiger charge is 2.13. The fraction of sp³-hybridized carbons (Fsp3) is 0.188. The van der Waals surface area contributed by atoms with Crippen molar-refractivity contribution < 1.29 is 35.6 Å². The first-order valence-electron chi connectivity index (χ1n) is 7.12. The van der Waals surface area contributed by atoms with Gasteiger partial charge in [-0.3, -0.25) is 4.79 Å². The highest BCUT2D eigenvalue weighted by molar-refractivity contribution is 5.95. The first-order chi connectivity index (χ1) is 11.2. The first kappa shape index (κ1) is 17.7. The molecule has 0 aliphatic carbocycles. The molecule has 1 N–H and O–H groups in total. The van der Waals surface area contributed by atoms with E-state index in [-0.39, 0.29) is 29.3 Å². The Kier molecular flexibility index (Phi) is 6.14. The molecule has 0 spiro atoms. The van der Waals surface area contributed by atoms with Gasteiger partial charge >= 0.3 is 0 Å². The Morgan fingerprint density at radius 1 is 1.33 bits per heavy atom. The molecular formula is C16H17BrN4O3. The average Bonchev–Trinajstić information content (AvgIpc) is 3.24. The molecule has 0 saturated heterocycles. The molecule has 0 fully saturated rings. The summed E-state index contributed by atoms with van der Waals surface area (Å²) in [6.45, 7) is 0.706. The maximum absolute atomic E-state index is 12.2. The summed E-state index contributed by atoms with van der Waals surface area (Å²) in [7, 11) is 1.59. The number of nitrogens with zero attached hydrogens (tertiary/aromatic N) is 3. The van der Waals surface area contributed by atoms with Crippen molar-refractivity contribution in [3.8, 4) is 5.75 Å². The van der Waals surface area contributed by atoms with Gasteiger partial charge in [0.15, 0.2) is 6.54 Å². The van der Waals surface area contributed by atoms with Crippen molar-refractivity contribution in [1.82, 2.24) is 9.77 Å². The largest absolute Gasteiger partial charge is 1.00 e. The van der Waals surface area contributed by atoms with Gasteiger partial charge in [-0.1, -0.05) is 0 Å². The molecule has 0 bridgehead atoms. The van der Waals surface area contributed by atoms with E-state index in [0.29, 0.717) is 12.1 Å². The van der Waals surface area contributed by atoms with Crippen LogP contribution in [0.4, 0.5) is 0 Å². The van der Waals surface area contributed by atoms with Crippen LogP contribution in [0.1, 0.15) is 16.1 Å². The molecule has 8 heteroatoms. The fourth-order valence-corrected chi connectivity index (χ4v) is 2.09. The summed E-state index contributed by atoms with van der Waals surface area (Å²) in [6.07, 6.45) is 4.94. The van der Waals surface area contributed by atoms with Crippen LogP contribution in [0.25, 0.3) is 0 Å². The van der Waals surface area contributed by atoms with Gasteiger partial charge in [-0.15, -0.1) is 9.36 Å².